The summed E-state index contributed by atoms with van der Waals surface area (Å²) < 4.78 is 23.6. The molecule has 3 rings (SSSR count). The average molecular weight is 311 g/mol. The molecular formula is C18H14FNO3. The van der Waals surface area contributed by atoms with E-state index >= 15 is 0 Å². The van der Waals surface area contributed by atoms with Crippen molar-refractivity contribution in [2.45, 2.75) is 0 Å². The van der Waals surface area contributed by atoms with E-state index in [-0.39, 0.29) is 11.7 Å². The van der Waals surface area contributed by atoms with Crippen LogP contribution in [0.4, 0.5) is 10.1 Å². The first-order valence-corrected chi connectivity index (χ1v) is 6.95. The predicted octanol–water partition coefficient (Wildman–Crippen LogP) is 3.76. The number of benzene rings is 2. The smallest absolute Gasteiger partial charge is 0.255 e. The van der Waals surface area contributed by atoms with Crippen LogP contribution in [0.5, 0.6) is 11.5 Å². The van der Waals surface area contributed by atoms with Crippen LogP contribution in [0.3, 0.4) is 0 Å². The number of rotatable bonds is 3. The fourth-order valence-corrected chi connectivity index (χ4v) is 2.15. The van der Waals surface area contributed by atoms with E-state index in [0.29, 0.717) is 22.8 Å². The average Bonchev–Trinajstić information content (AvgIpc) is 2.78. The van der Waals surface area contributed by atoms with Gasteiger partial charge in [0.2, 0.25) is 0 Å². The first-order valence-electron chi connectivity index (χ1n) is 6.95. The zero-order valence-electron chi connectivity index (χ0n) is 12.4. The standard InChI is InChI=1S/C18H14FNO3/c1-22-16-6-7-17-13(11-16)10-12(8-9-23-17)18(21)20-15-4-2-14(19)3-5-15/h2-11H,1H3,(H,20,21). The lowest BCUT2D eigenvalue weighted by Crippen LogP contribution is -2.13. The van der Waals surface area contributed by atoms with Gasteiger partial charge in [-0.1, -0.05) is 0 Å². The Kier molecular flexibility index (Phi) is 4.10. The van der Waals surface area contributed by atoms with Crippen molar-refractivity contribution in [3.05, 3.63) is 71.8 Å². The number of fused-ring (bicyclic) bond motifs is 1. The number of carbonyl (C=O) groups excluding carboxylic acids is 1. The SMILES string of the molecule is COc1ccc2c(c1)C=C(C(=O)Nc1ccc(F)cc1)C=CO2. The van der Waals surface area contributed by atoms with Crippen LogP contribution in [0.15, 0.2) is 60.4 Å². The first kappa shape index (κ1) is 14.8. The molecule has 1 N–H and O–H groups in total. The molecule has 0 fully saturated rings. The van der Waals surface area contributed by atoms with Crippen LogP contribution >= 0.6 is 0 Å². The molecule has 4 nitrogen and oxygen atoms in total. The monoisotopic (exact) mass is 311 g/mol. The highest BCUT2D eigenvalue weighted by Crippen LogP contribution is 2.29. The number of methoxy groups -OCH3 is 1. The highest BCUT2D eigenvalue weighted by atomic mass is 19.1. The van der Waals surface area contributed by atoms with Gasteiger partial charge >= 0.3 is 0 Å². The fourth-order valence-electron chi connectivity index (χ4n) is 2.15. The lowest BCUT2D eigenvalue weighted by atomic mass is 10.1. The van der Waals surface area contributed by atoms with Crippen LogP contribution < -0.4 is 14.8 Å². The largest absolute Gasteiger partial charge is 0.497 e. The van der Waals surface area contributed by atoms with Crippen molar-refractivity contribution >= 4 is 17.7 Å². The molecule has 2 aromatic rings. The van der Waals surface area contributed by atoms with Crippen LogP contribution in [0.2, 0.25) is 0 Å². The van der Waals surface area contributed by atoms with Gasteiger partial charge in [0.1, 0.15) is 17.3 Å². The summed E-state index contributed by atoms with van der Waals surface area (Å²) in [6, 6.07) is 10.9. The lowest BCUT2D eigenvalue weighted by molar-refractivity contribution is -0.112. The van der Waals surface area contributed by atoms with Crippen molar-refractivity contribution < 1.29 is 18.7 Å². The molecule has 116 valence electrons. The molecule has 0 spiro atoms. The third-order valence-corrected chi connectivity index (χ3v) is 3.33. The fraction of sp³-hybridized carbons (Fsp3) is 0.0556. The minimum Gasteiger partial charge on any atom is -0.497 e. The Labute approximate surface area is 132 Å². The molecule has 1 amide bonds. The molecule has 0 saturated carbocycles. The number of nitrogens with one attached hydrogen (secondary N) is 1. The topological polar surface area (TPSA) is 47.6 Å². The summed E-state index contributed by atoms with van der Waals surface area (Å²) in [6.45, 7) is 0. The molecule has 0 unspecified atom stereocenters. The van der Waals surface area contributed by atoms with Crippen LogP contribution in [0.25, 0.3) is 6.08 Å². The minimum atomic E-state index is -0.356. The number of ether oxygens (including phenoxy) is 2. The first-order chi connectivity index (χ1) is 11.2. The van der Waals surface area contributed by atoms with Crippen LogP contribution in [-0.2, 0) is 4.79 Å². The molecule has 1 aliphatic heterocycles. The molecule has 23 heavy (non-hydrogen) atoms. The Hall–Kier alpha value is -3.08. The summed E-state index contributed by atoms with van der Waals surface area (Å²) in [4.78, 5) is 12.4. The Balaban J connectivity index is 1.86. The van der Waals surface area contributed by atoms with Gasteiger partial charge in [-0.2, -0.15) is 0 Å². The maximum absolute atomic E-state index is 12.9. The number of hydrogen-bond donors (Lipinski definition) is 1. The summed E-state index contributed by atoms with van der Waals surface area (Å²) >= 11 is 0. The number of anilines is 1. The van der Waals surface area contributed by atoms with Gasteiger partial charge in [0.25, 0.3) is 5.91 Å². The Bertz CT molecular complexity index is 794. The van der Waals surface area contributed by atoms with Crippen LogP contribution in [-0.4, -0.2) is 13.0 Å². The van der Waals surface area contributed by atoms with Gasteiger partial charge in [-0.25, -0.2) is 4.39 Å². The van der Waals surface area contributed by atoms with Gasteiger partial charge in [0.15, 0.2) is 0 Å². The Morgan fingerprint density at radius 3 is 2.70 bits per heavy atom. The minimum absolute atomic E-state index is 0.313. The number of hydrogen-bond acceptors (Lipinski definition) is 3. The number of carbonyl (C=O) groups is 1. The van der Waals surface area contributed by atoms with Gasteiger partial charge < -0.3 is 14.8 Å². The van der Waals surface area contributed by atoms with E-state index in [0.717, 1.165) is 5.56 Å². The van der Waals surface area contributed by atoms with Crippen molar-refractivity contribution in [1.82, 2.24) is 0 Å². The number of halogens is 1. The summed E-state index contributed by atoms with van der Waals surface area (Å²) in [5.74, 6) is 0.633. The van der Waals surface area contributed by atoms with E-state index < -0.39 is 0 Å². The molecular weight excluding hydrogens is 297 g/mol. The second-order valence-electron chi connectivity index (χ2n) is 4.89. The van der Waals surface area contributed by atoms with Crippen LogP contribution in [0, 0.1) is 5.82 Å². The van der Waals surface area contributed by atoms with Gasteiger partial charge in [-0.15, -0.1) is 0 Å². The third-order valence-electron chi connectivity index (χ3n) is 3.33. The summed E-state index contributed by atoms with van der Waals surface area (Å²) in [6.07, 6.45) is 4.74. The highest BCUT2D eigenvalue weighted by molar-refractivity contribution is 6.09. The van der Waals surface area contributed by atoms with Crippen molar-refractivity contribution in [3.63, 3.8) is 0 Å². The highest BCUT2D eigenvalue weighted by Gasteiger charge is 2.13. The van der Waals surface area contributed by atoms with Gasteiger partial charge in [-0.05, 0) is 54.6 Å². The summed E-state index contributed by atoms with van der Waals surface area (Å²) in [5.41, 5.74) is 1.67. The quantitative estimate of drug-likeness (QED) is 0.939. The lowest BCUT2D eigenvalue weighted by Gasteiger charge is -2.07. The molecule has 0 atom stereocenters. The van der Waals surface area contributed by atoms with Crippen molar-refractivity contribution in [2.24, 2.45) is 0 Å². The van der Waals surface area contributed by atoms with E-state index in [4.69, 9.17) is 9.47 Å². The Morgan fingerprint density at radius 2 is 1.96 bits per heavy atom. The molecule has 0 radical (unpaired) electrons. The third kappa shape index (κ3) is 3.40. The van der Waals surface area contributed by atoms with Gasteiger partial charge in [-0.3, -0.25) is 4.79 Å². The molecule has 1 aliphatic rings. The molecule has 5 heteroatoms. The maximum Gasteiger partial charge on any atom is 0.255 e. The van der Waals surface area contributed by atoms with Gasteiger partial charge in [0, 0.05) is 16.8 Å². The molecule has 0 aromatic heterocycles. The van der Waals surface area contributed by atoms with Crippen molar-refractivity contribution in [2.75, 3.05) is 12.4 Å². The molecule has 0 saturated heterocycles. The van der Waals surface area contributed by atoms with Crippen molar-refractivity contribution in [3.8, 4) is 11.5 Å². The molecule has 1 heterocycles. The van der Waals surface area contributed by atoms with E-state index in [1.54, 1.807) is 37.5 Å². The second kappa shape index (κ2) is 6.36. The molecule has 0 aliphatic carbocycles. The second-order valence-corrected chi connectivity index (χ2v) is 4.89. The predicted molar refractivity (Wildman–Crippen MR) is 85.8 cm³/mol. The van der Waals surface area contributed by atoms with E-state index in [9.17, 15) is 9.18 Å². The van der Waals surface area contributed by atoms with E-state index in [1.165, 1.54) is 30.5 Å². The summed E-state index contributed by atoms with van der Waals surface area (Å²) in [5, 5.41) is 2.71. The maximum atomic E-state index is 12.9. The normalized spacial score (nSPS) is 12.5. The Morgan fingerprint density at radius 1 is 1.17 bits per heavy atom. The summed E-state index contributed by atoms with van der Waals surface area (Å²) in [7, 11) is 1.57. The number of amides is 1. The van der Waals surface area contributed by atoms with Gasteiger partial charge in [0.05, 0.1) is 13.4 Å². The van der Waals surface area contributed by atoms with Crippen LogP contribution in [0.1, 0.15) is 5.56 Å². The molecule has 2 aromatic carbocycles. The van der Waals surface area contributed by atoms with Crippen molar-refractivity contribution in [1.29, 1.82) is 0 Å². The van der Waals surface area contributed by atoms with E-state index in [1.807, 2.05) is 0 Å². The zero-order valence-corrected chi connectivity index (χ0v) is 12.4. The van der Waals surface area contributed by atoms with E-state index in [2.05, 4.69) is 5.32 Å². The zero-order chi connectivity index (χ0) is 16.2. The molecule has 0 bridgehead atoms.